The molecule has 0 bridgehead atoms. The van der Waals surface area contributed by atoms with Gasteiger partial charge in [0.25, 0.3) is 0 Å². The van der Waals surface area contributed by atoms with Crippen molar-refractivity contribution in [2.45, 2.75) is 39.2 Å². The first-order valence-corrected chi connectivity index (χ1v) is 8.63. The molecule has 26 heavy (non-hydrogen) atoms. The molecule has 2 N–H and O–H groups in total. The van der Waals surface area contributed by atoms with Gasteiger partial charge in [0.2, 0.25) is 0 Å². The lowest BCUT2D eigenvalue weighted by atomic mass is 9.87. The molecule has 0 unspecified atom stereocenters. The van der Waals surface area contributed by atoms with E-state index in [4.69, 9.17) is 0 Å². The third-order valence-electron chi connectivity index (χ3n) is 4.34. The number of benzene rings is 2. The number of hydrogen-bond donors (Lipinski definition) is 2. The number of carboxylic acids is 1. The Morgan fingerprint density at radius 1 is 1.04 bits per heavy atom. The fourth-order valence-electron chi connectivity index (χ4n) is 2.70. The van der Waals surface area contributed by atoms with Gasteiger partial charge in [-0.05, 0) is 30.0 Å². The van der Waals surface area contributed by atoms with Crippen molar-refractivity contribution in [1.29, 1.82) is 0 Å². The zero-order valence-corrected chi connectivity index (χ0v) is 15.4. The van der Waals surface area contributed by atoms with Crippen molar-refractivity contribution in [2.24, 2.45) is 0 Å². The second-order valence-corrected chi connectivity index (χ2v) is 7.44. The van der Waals surface area contributed by atoms with Crippen molar-refractivity contribution in [1.82, 2.24) is 9.97 Å². The number of para-hydroxylation sites is 1. The third kappa shape index (κ3) is 3.67. The van der Waals surface area contributed by atoms with Crippen LogP contribution in [0.25, 0.3) is 22.3 Å². The van der Waals surface area contributed by atoms with E-state index in [-0.39, 0.29) is 5.41 Å². The summed E-state index contributed by atoms with van der Waals surface area (Å²) in [6.45, 7) is 8.11. The Morgan fingerprint density at radius 2 is 1.69 bits per heavy atom. The number of anilines is 1. The molecule has 0 aliphatic heterocycles. The van der Waals surface area contributed by atoms with Gasteiger partial charge in [0.05, 0.1) is 5.52 Å². The van der Waals surface area contributed by atoms with Gasteiger partial charge in [0, 0.05) is 10.9 Å². The maximum atomic E-state index is 11.2. The number of carboxylic acid groups (broad SMARTS) is 1. The first-order valence-electron chi connectivity index (χ1n) is 8.63. The minimum atomic E-state index is -0.927. The number of rotatable bonds is 4. The second kappa shape index (κ2) is 6.75. The molecule has 1 heterocycles. The van der Waals surface area contributed by atoms with Gasteiger partial charge >= 0.3 is 5.97 Å². The summed E-state index contributed by atoms with van der Waals surface area (Å²) in [5.74, 6) is 0.174. The SMILES string of the molecule is C[C@H](Nc1nc(-c2ccc(C(C)(C)C)cc2)nc2ccccc12)C(=O)O. The van der Waals surface area contributed by atoms with Crippen LogP contribution in [0.1, 0.15) is 33.3 Å². The summed E-state index contributed by atoms with van der Waals surface area (Å²) >= 11 is 0. The Bertz CT molecular complexity index is 944. The summed E-state index contributed by atoms with van der Waals surface area (Å²) in [5.41, 5.74) is 2.99. The minimum Gasteiger partial charge on any atom is -0.480 e. The van der Waals surface area contributed by atoms with Crippen LogP contribution in [0.4, 0.5) is 5.82 Å². The van der Waals surface area contributed by atoms with Gasteiger partial charge in [0.15, 0.2) is 5.82 Å². The number of hydrogen-bond acceptors (Lipinski definition) is 4. The Hall–Kier alpha value is -2.95. The summed E-state index contributed by atoms with van der Waals surface area (Å²) < 4.78 is 0. The van der Waals surface area contributed by atoms with Crippen LogP contribution in [0.3, 0.4) is 0 Å². The second-order valence-electron chi connectivity index (χ2n) is 7.44. The van der Waals surface area contributed by atoms with Crippen LogP contribution in [0, 0.1) is 0 Å². The normalized spacial score (nSPS) is 12.8. The zero-order chi connectivity index (χ0) is 18.9. The molecular weight excluding hydrogens is 326 g/mol. The standard InChI is InChI=1S/C21H23N3O2/c1-13(20(25)26)22-19-16-7-5-6-8-17(16)23-18(24-19)14-9-11-15(12-10-14)21(2,3)4/h5-13H,1-4H3,(H,25,26)(H,22,23,24)/t13-/m0/s1. The third-order valence-corrected chi connectivity index (χ3v) is 4.34. The topological polar surface area (TPSA) is 75.1 Å². The fraction of sp³-hybridized carbons (Fsp3) is 0.286. The van der Waals surface area contributed by atoms with Crippen LogP contribution < -0.4 is 5.32 Å². The van der Waals surface area contributed by atoms with E-state index in [0.29, 0.717) is 11.6 Å². The lowest BCUT2D eigenvalue weighted by Gasteiger charge is -2.19. The minimum absolute atomic E-state index is 0.0758. The van der Waals surface area contributed by atoms with Crippen molar-refractivity contribution >= 4 is 22.7 Å². The van der Waals surface area contributed by atoms with Gasteiger partial charge in [-0.1, -0.05) is 57.2 Å². The quantitative estimate of drug-likeness (QED) is 0.726. The van der Waals surface area contributed by atoms with Crippen LogP contribution in [0.2, 0.25) is 0 Å². The van der Waals surface area contributed by atoms with Crippen LogP contribution in [-0.2, 0) is 10.2 Å². The predicted molar refractivity (Wildman–Crippen MR) is 104 cm³/mol. The molecule has 0 spiro atoms. The van der Waals surface area contributed by atoms with Crippen LogP contribution >= 0.6 is 0 Å². The van der Waals surface area contributed by atoms with E-state index in [1.165, 1.54) is 5.56 Å². The Kier molecular flexibility index (Phi) is 4.64. The number of nitrogens with one attached hydrogen (secondary N) is 1. The smallest absolute Gasteiger partial charge is 0.325 e. The molecule has 0 saturated heterocycles. The first-order chi connectivity index (χ1) is 12.3. The van der Waals surface area contributed by atoms with E-state index in [2.05, 4.69) is 48.2 Å². The summed E-state index contributed by atoms with van der Waals surface area (Å²) in [5, 5.41) is 13.0. The average Bonchev–Trinajstić information content (AvgIpc) is 2.61. The van der Waals surface area contributed by atoms with E-state index in [9.17, 15) is 9.90 Å². The first kappa shape index (κ1) is 17.9. The van der Waals surface area contributed by atoms with Crippen molar-refractivity contribution in [3.05, 3.63) is 54.1 Å². The lowest BCUT2D eigenvalue weighted by Crippen LogP contribution is -2.26. The highest BCUT2D eigenvalue weighted by Crippen LogP contribution is 2.28. The molecule has 0 amide bonds. The van der Waals surface area contributed by atoms with Crippen LogP contribution in [0.5, 0.6) is 0 Å². The highest BCUT2D eigenvalue weighted by molar-refractivity contribution is 5.92. The van der Waals surface area contributed by atoms with Gasteiger partial charge in [-0.3, -0.25) is 4.79 Å². The maximum absolute atomic E-state index is 11.2. The summed E-state index contributed by atoms with van der Waals surface area (Å²) in [6.07, 6.45) is 0. The van der Waals surface area contributed by atoms with E-state index >= 15 is 0 Å². The number of carbonyl (C=O) groups is 1. The average molecular weight is 349 g/mol. The molecule has 0 fully saturated rings. The highest BCUT2D eigenvalue weighted by Gasteiger charge is 2.16. The molecule has 2 aromatic carbocycles. The molecule has 0 saturated carbocycles. The Labute approximate surface area is 153 Å². The molecule has 5 nitrogen and oxygen atoms in total. The van der Waals surface area contributed by atoms with Gasteiger partial charge in [0.1, 0.15) is 11.9 Å². The van der Waals surface area contributed by atoms with Gasteiger partial charge in [-0.25, -0.2) is 9.97 Å². The molecule has 3 aromatic rings. The van der Waals surface area contributed by atoms with E-state index < -0.39 is 12.0 Å². The Balaban J connectivity index is 2.07. The zero-order valence-electron chi connectivity index (χ0n) is 15.4. The molecule has 1 atom stereocenters. The van der Waals surface area contributed by atoms with E-state index in [0.717, 1.165) is 16.5 Å². The summed E-state index contributed by atoms with van der Waals surface area (Å²) in [6, 6.07) is 15.0. The number of fused-ring (bicyclic) bond motifs is 1. The highest BCUT2D eigenvalue weighted by atomic mass is 16.4. The molecule has 5 heteroatoms. The van der Waals surface area contributed by atoms with E-state index in [1.54, 1.807) is 6.92 Å². The van der Waals surface area contributed by atoms with Crippen molar-refractivity contribution in [3.63, 3.8) is 0 Å². The molecule has 0 aliphatic carbocycles. The number of nitrogens with zero attached hydrogens (tertiary/aromatic N) is 2. The van der Waals surface area contributed by atoms with E-state index in [1.807, 2.05) is 36.4 Å². The van der Waals surface area contributed by atoms with Gasteiger partial charge < -0.3 is 10.4 Å². The summed E-state index contributed by atoms with van der Waals surface area (Å²) in [7, 11) is 0. The van der Waals surface area contributed by atoms with Crippen molar-refractivity contribution < 1.29 is 9.90 Å². The predicted octanol–water partition coefficient (Wildman–Crippen LogP) is 4.48. The molecule has 1 aromatic heterocycles. The fourth-order valence-corrected chi connectivity index (χ4v) is 2.70. The monoisotopic (exact) mass is 349 g/mol. The molecule has 3 rings (SSSR count). The Morgan fingerprint density at radius 3 is 2.31 bits per heavy atom. The van der Waals surface area contributed by atoms with Crippen molar-refractivity contribution in [3.8, 4) is 11.4 Å². The maximum Gasteiger partial charge on any atom is 0.325 e. The van der Waals surface area contributed by atoms with Crippen molar-refractivity contribution in [2.75, 3.05) is 5.32 Å². The molecule has 0 aliphatic rings. The molecular formula is C21H23N3O2. The number of aliphatic carboxylic acids is 1. The van der Waals surface area contributed by atoms with Crippen LogP contribution in [-0.4, -0.2) is 27.1 Å². The van der Waals surface area contributed by atoms with Crippen LogP contribution in [0.15, 0.2) is 48.5 Å². The molecule has 0 radical (unpaired) electrons. The lowest BCUT2D eigenvalue weighted by molar-refractivity contribution is -0.137. The summed E-state index contributed by atoms with van der Waals surface area (Å²) in [4.78, 5) is 20.5. The number of aromatic nitrogens is 2. The largest absolute Gasteiger partial charge is 0.480 e. The molecule has 134 valence electrons. The van der Waals surface area contributed by atoms with Gasteiger partial charge in [-0.15, -0.1) is 0 Å². The van der Waals surface area contributed by atoms with Gasteiger partial charge in [-0.2, -0.15) is 0 Å².